The summed E-state index contributed by atoms with van der Waals surface area (Å²) in [5.41, 5.74) is 2.92. The van der Waals surface area contributed by atoms with Gasteiger partial charge < -0.3 is 20.3 Å². The van der Waals surface area contributed by atoms with E-state index in [0.717, 1.165) is 11.1 Å². The van der Waals surface area contributed by atoms with Crippen LogP contribution in [0.2, 0.25) is 0 Å². The van der Waals surface area contributed by atoms with Crippen LogP contribution < -0.4 is 15.5 Å². The Morgan fingerprint density at radius 3 is 2.52 bits per heavy atom. The van der Waals surface area contributed by atoms with E-state index in [1.807, 2.05) is 54.6 Å². The number of para-hydroxylation sites is 1. The van der Waals surface area contributed by atoms with Crippen LogP contribution >= 0.6 is 0 Å². The van der Waals surface area contributed by atoms with Gasteiger partial charge in [0.2, 0.25) is 18.0 Å². The molecule has 2 N–H and O–H groups in total. The number of rotatable bonds is 7. The molecule has 1 aliphatic heterocycles. The molecular weight excluding hydrogens is 396 g/mol. The van der Waals surface area contributed by atoms with E-state index in [-0.39, 0.29) is 12.5 Å². The monoisotopic (exact) mass is 422 g/mol. The van der Waals surface area contributed by atoms with Crippen molar-refractivity contribution in [3.8, 4) is 0 Å². The van der Waals surface area contributed by atoms with Crippen LogP contribution in [0.5, 0.6) is 0 Å². The van der Waals surface area contributed by atoms with Crippen molar-refractivity contribution in [3.05, 3.63) is 65.7 Å². The number of benzene rings is 2. The molecule has 2 aromatic carbocycles. The summed E-state index contributed by atoms with van der Waals surface area (Å²) < 4.78 is 5.05. The number of nitrogens with zero attached hydrogens (tertiary/aromatic N) is 2. The highest BCUT2D eigenvalue weighted by atomic mass is 16.5. The number of carbonyl (C=O) groups excluding carboxylic acids is 3. The van der Waals surface area contributed by atoms with Gasteiger partial charge in [-0.2, -0.15) is 0 Å². The molecule has 0 spiro atoms. The summed E-state index contributed by atoms with van der Waals surface area (Å²) in [6.07, 6.45) is -1.13. The van der Waals surface area contributed by atoms with E-state index in [1.165, 1.54) is 4.90 Å². The maximum Gasteiger partial charge on any atom is 0.272 e. The average molecular weight is 422 g/mol. The fourth-order valence-corrected chi connectivity index (χ4v) is 3.25. The number of ether oxygens (including phenoxy) is 1. The van der Waals surface area contributed by atoms with Crippen LogP contribution in [0.4, 0.5) is 5.69 Å². The van der Waals surface area contributed by atoms with Crippen molar-refractivity contribution < 1.29 is 19.1 Å². The third kappa shape index (κ3) is 5.16. The lowest BCUT2D eigenvalue weighted by Crippen LogP contribution is -2.52. The van der Waals surface area contributed by atoms with E-state index in [0.29, 0.717) is 18.0 Å². The van der Waals surface area contributed by atoms with Gasteiger partial charge in [-0.15, -0.1) is 0 Å². The molecule has 31 heavy (non-hydrogen) atoms. The van der Waals surface area contributed by atoms with Crippen molar-refractivity contribution >= 4 is 29.1 Å². The summed E-state index contributed by atoms with van der Waals surface area (Å²) in [5, 5.41) is 5.22. The quantitative estimate of drug-likeness (QED) is 0.706. The number of hydrogen-bond acceptors (Lipinski definition) is 5. The smallest absolute Gasteiger partial charge is 0.272 e. The Morgan fingerprint density at radius 1 is 1.13 bits per heavy atom. The van der Waals surface area contributed by atoms with Gasteiger partial charge >= 0.3 is 0 Å². The van der Waals surface area contributed by atoms with Gasteiger partial charge in [-0.05, 0) is 19.9 Å². The lowest BCUT2D eigenvalue weighted by atomic mass is 10.0. The number of fused-ring (bicyclic) bond motifs is 1. The fourth-order valence-electron chi connectivity index (χ4n) is 3.25. The predicted molar refractivity (Wildman–Crippen MR) is 118 cm³/mol. The SMILES string of the molecule is CCOCC(=O)N[C@@H](C)C(=O)NC1N=C(c2ccccc2)c2ccccc2N(C)C1=O. The van der Waals surface area contributed by atoms with Gasteiger partial charge in [0.15, 0.2) is 0 Å². The van der Waals surface area contributed by atoms with Crippen LogP contribution in [-0.2, 0) is 19.1 Å². The second-order valence-electron chi connectivity index (χ2n) is 7.10. The van der Waals surface area contributed by atoms with Crippen LogP contribution in [0.1, 0.15) is 25.0 Å². The normalized spacial score (nSPS) is 16.6. The number of anilines is 1. The van der Waals surface area contributed by atoms with Gasteiger partial charge in [0.05, 0.1) is 11.4 Å². The van der Waals surface area contributed by atoms with Crippen molar-refractivity contribution in [3.63, 3.8) is 0 Å². The Morgan fingerprint density at radius 2 is 1.81 bits per heavy atom. The number of aliphatic imine (C=N–C) groups is 1. The molecular formula is C23H26N4O4. The van der Waals surface area contributed by atoms with Gasteiger partial charge in [-0.25, -0.2) is 4.99 Å². The van der Waals surface area contributed by atoms with Crippen molar-refractivity contribution in [2.45, 2.75) is 26.1 Å². The largest absolute Gasteiger partial charge is 0.372 e. The van der Waals surface area contributed by atoms with Crippen molar-refractivity contribution in [2.75, 3.05) is 25.2 Å². The minimum absolute atomic E-state index is 0.134. The first kappa shape index (κ1) is 22.2. The van der Waals surface area contributed by atoms with E-state index in [9.17, 15) is 14.4 Å². The molecule has 0 saturated carbocycles. The number of hydrogen-bond donors (Lipinski definition) is 2. The molecule has 0 aromatic heterocycles. The molecule has 162 valence electrons. The third-order valence-electron chi connectivity index (χ3n) is 4.88. The average Bonchev–Trinajstić information content (AvgIpc) is 2.89. The number of likely N-dealkylation sites (N-methyl/N-ethyl adjacent to an activating group) is 1. The molecule has 1 aliphatic rings. The Balaban J connectivity index is 1.89. The van der Waals surface area contributed by atoms with Crippen molar-refractivity contribution in [1.29, 1.82) is 0 Å². The minimum Gasteiger partial charge on any atom is -0.372 e. The van der Waals surface area contributed by atoms with Gasteiger partial charge in [0.1, 0.15) is 12.6 Å². The zero-order valence-corrected chi connectivity index (χ0v) is 17.8. The highest BCUT2D eigenvalue weighted by Crippen LogP contribution is 2.27. The molecule has 3 amide bonds. The summed E-state index contributed by atoms with van der Waals surface area (Å²) in [4.78, 5) is 43.8. The maximum absolute atomic E-state index is 13.1. The van der Waals surface area contributed by atoms with E-state index < -0.39 is 24.0 Å². The predicted octanol–water partition coefficient (Wildman–Crippen LogP) is 1.48. The molecule has 2 aromatic rings. The van der Waals surface area contributed by atoms with Gasteiger partial charge in [0.25, 0.3) is 5.91 Å². The first-order chi connectivity index (χ1) is 14.9. The highest BCUT2D eigenvalue weighted by Gasteiger charge is 2.32. The van der Waals surface area contributed by atoms with Crippen molar-refractivity contribution in [1.82, 2.24) is 10.6 Å². The van der Waals surface area contributed by atoms with Crippen LogP contribution in [-0.4, -0.2) is 55.9 Å². The Labute approximate surface area is 181 Å². The summed E-state index contributed by atoms with van der Waals surface area (Å²) in [7, 11) is 1.65. The lowest BCUT2D eigenvalue weighted by molar-refractivity contribution is -0.132. The summed E-state index contributed by atoms with van der Waals surface area (Å²) in [6, 6.07) is 16.1. The van der Waals surface area contributed by atoms with Crippen LogP contribution in [0.25, 0.3) is 0 Å². The van der Waals surface area contributed by atoms with E-state index in [4.69, 9.17) is 4.74 Å². The molecule has 1 unspecified atom stereocenters. The zero-order chi connectivity index (χ0) is 22.4. The molecule has 0 saturated heterocycles. The molecule has 0 radical (unpaired) electrons. The maximum atomic E-state index is 13.1. The van der Waals surface area contributed by atoms with Gasteiger partial charge in [-0.3, -0.25) is 14.4 Å². The second-order valence-corrected chi connectivity index (χ2v) is 7.10. The molecule has 0 aliphatic carbocycles. The van der Waals surface area contributed by atoms with Gasteiger partial charge in [0, 0.05) is 24.8 Å². The standard InChI is InChI=1S/C23H26N4O4/c1-4-31-14-19(28)24-15(2)22(29)26-21-23(30)27(3)18-13-9-8-12-17(18)20(25-21)16-10-6-5-7-11-16/h5-13,15,21H,4,14H2,1-3H3,(H,24,28)(H,26,29)/t15-,21?/m0/s1. The Hall–Kier alpha value is -3.52. The number of amides is 3. The molecule has 1 heterocycles. The van der Waals surface area contributed by atoms with Crippen molar-refractivity contribution in [2.24, 2.45) is 4.99 Å². The lowest BCUT2D eigenvalue weighted by Gasteiger charge is -2.22. The molecule has 0 bridgehead atoms. The Kier molecular flexibility index (Phi) is 7.15. The third-order valence-corrected chi connectivity index (χ3v) is 4.88. The Bertz CT molecular complexity index is 990. The minimum atomic E-state index is -1.13. The summed E-state index contributed by atoms with van der Waals surface area (Å²) in [5.74, 6) is -1.30. The summed E-state index contributed by atoms with van der Waals surface area (Å²) >= 11 is 0. The number of benzodiazepines with no additional fused rings is 1. The molecule has 0 fully saturated rings. The van der Waals surface area contributed by atoms with Gasteiger partial charge in [-0.1, -0.05) is 48.5 Å². The molecule has 8 nitrogen and oxygen atoms in total. The zero-order valence-electron chi connectivity index (χ0n) is 17.8. The first-order valence-electron chi connectivity index (χ1n) is 10.1. The van der Waals surface area contributed by atoms with E-state index in [2.05, 4.69) is 15.6 Å². The number of carbonyl (C=O) groups is 3. The van der Waals surface area contributed by atoms with E-state index in [1.54, 1.807) is 20.9 Å². The summed E-state index contributed by atoms with van der Waals surface area (Å²) in [6.45, 7) is 3.58. The van der Waals surface area contributed by atoms with Crippen LogP contribution in [0.15, 0.2) is 59.6 Å². The molecule has 2 atom stereocenters. The molecule has 8 heteroatoms. The highest BCUT2D eigenvalue weighted by molar-refractivity contribution is 6.20. The molecule has 3 rings (SSSR count). The van der Waals surface area contributed by atoms with E-state index >= 15 is 0 Å². The van der Waals surface area contributed by atoms with Crippen LogP contribution in [0.3, 0.4) is 0 Å². The first-order valence-corrected chi connectivity index (χ1v) is 10.1. The topological polar surface area (TPSA) is 100 Å². The second kappa shape index (κ2) is 9.99. The fraction of sp³-hybridized carbons (Fsp3) is 0.304. The number of nitrogens with one attached hydrogen (secondary N) is 2. The van der Waals surface area contributed by atoms with Crippen LogP contribution in [0, 0.1) is 0 Å².